The molecule has 0 aromatic rings. The van der Waals surface area contributed by atoms with Gasteiger partial charge in [-0.3, -0.25) is 0 Å². The normalized spacial score (nSPS) is 23.8. The summed E-state index contributed by atoms with van der Waals surface area (Å²) in [6, 6.07) is -0.327. The molecule has 0 aromatic heterocycles. The average molecular weight is 228 g/mol. The van der Waals surface area contributed by atoms with Crippen LogP contribution in [0.5, 0.6) is 0 Å². The summed E-state index contributed by atoms with van der Waals surface area (Å²) in [7, 11) is 1.69. The molecule has 2 unspecified atom stereocenters. The maximum atomic E-state index is 11.7. The second kappa shape index (κ2) is 4.31. The number of carboxylic acid groups (broad SMARTS) is 1. The molecule has 0 heterocycles. The van der Waals surface area contributed by atoms with Gasteiger partial charge in [0.1, 0.15) is 5.54 Å². The summed E-state index contributed by atoms with van der Waals surface area (Å²) in [5, 5.41) is 11.4. The zero-order chi connectivity index (χ0) is 12.5. The van der Waals surface area contributed by atoms with Gasteiger partial charge >= 0.3 is 12.0 Å². The summed E-state index contributed by atoms with van der Waals surface area (Å²) < 4.78 is 0. The minimum absolute atomic E-state index is 0.327. The van der Waals surface area contributed by atoms with Gasteiger partial charge in [-0.1, -0.05) is 6.92 Å². The molecule has 1 fully saturated rings. The highest BCUT2D eigenvalue weighted by Gasteiger charge is 2.35. The van der Waals surface area contributed by atoms with Crippen LogP contribution in [0.2, 0.25) is 0 Å². The molecule has 1 rings (SSSR count). The molecule has 1 aliphatic carbocycles. The predicted octanol–water partition coefficient (Wildman–Crippen LogP) is 1.15. The van der Waals surface area contributed by atoms with Gasteiger partial charge in [0.25, 0.3) is 0 Å². The number of urea groups is 1. The van der Waals surface area contributed by atoms with Crippen LogP contribution < -0.4 is 5.32 Å². The number of hydrogen-bond acceptors (Lipinski definition) is 2. The second-order valence-electron chi connectivity index (χ2n) is 5.21. The van der Waals surface area contributed by atoms with E-state index in [0.29, 0.717) is 18.4 Å². The number of hydrogen-bond donors (Lipinski definition) is 2. The van der Waals surface area contributed by atoms with Crippen molar-refractivity contribution >= 4 is 12.0 Å². The molecular formula is C11H20N2O3. The molecule has 2 amide bonds. The molecule has 1 saturated carbocycles. The number of carboxylic acids is 1. The summed E-state index contributed by atoms with van der Waals surface area (Å²) >= 11 is 0. The van der Waals surface area contributed by atoms with E-state index in [1.165, 1.54) is 13.8 Å². The maximum Gasteiger partial charge on any atom is 0.328 e. The van der Waals surface area contributed by atoms with Gasteiger partial charge in [-0.25, -0.2) is 9.59 Å². The highest BCUT2D eigenvalue weighted by molar-refractivity contribution is 5.85. The fourth-order valence-corrected chi connectivity index (χ4v) is 1.50. The Morgan fingerprint density at radius 2 is 2.00 bits per heavy atom. The van der Waals surface area contributed by atoms with E-state index in [0.717, 1.165) is 6.42 Å². The Hall–Kier alpha value is -1.26. The van der Waals surface area contributed by atoms with Crippen molar-refractivity contribution < 1.29 is 14.7 Å². The number of carbonyl (C=O) groups excluding carboxylic acids is 1. The van der Waals surface area contributed by atoms with E-state index in [2.05, 4.69) is 12.2 Å². The Bertz CT molecular complexity index is 302. The van der Waals surface area contributed by atoms with Crippen molar-refractivity contribution in [2.24, 2.45) is 11.8 Å². The Balaban J connectivity index is 2.42. The lowest BCUT2D eigenvalue weighted by Crippen LogP contribution is -2.53. The molecule has 5 heteroatoms. The van der Waals surface area contributed by atoms with Crippen molar-refractivity contribution in [2.45, 2.75) is 32.7 Å². The number of amides is 2. The molecule has 16 heavy (non-hydrogen) atoms. The lowest BCUT2D eigenvalue weighted by atomic mass is 10.1. The van der Waals surface area contributed by atoms with Crippen LogP contribution in [0.4, 0.5) is 4.79 Å². The largest absolute Gasteiger partial charge is 0.480 e. The molecule has 0 spiro atoms. The topological polar surface area (TPSA) is 69.6 Å². The molecular weight excluding hydrogens is 208 g/mol. The molecule has 0 aromatic carbocycles. The smallest absolute Gasteiger partial charge is 0.328 e. The minimum Gasteiger partial charge on any atom is -0.480 e. The van der Waals surface area contributed by atoms with Crippen LogP contribution in [0.25, 0.3) is 0 Å². The minimum atomic E-state index is -1.22. The van der Waals surface area contributed by atoms with Crippen molar-refractivity contribution in [3.63, 3.8) is 0 Å². The quantitative estimate of drug-likeness (QED) is 0.758. The predicted molar refractivity (Wildman–Crippen MR) is 60.1 cm³/mol. The number of nitrogens with zero attached hydrogens (tertiary/aromatic N) is 1. The molecule has 2 N–H and O–H groups in total. The van der Waals surface area contributed by atoms with Crippen LogP contribution in [-0.4, -0.2) is 41.1 Å². The van der Waals surface area contributed by atoms with Crippen molar-refractivity contribution in [1.82, 2.24) is 10.2 Å². The van der Waals surface area contributed by atoms with Gasteiger partial charge in [-0.15, -0.1) is 0 Å². The van der Waals surface area contributed by atoms with Gasteiger partial charge in [-0.2, -0.15) is 0 Å². The Labute approximate surface area is 95.8 Å². The van der Waals surface area contributed by atoms with Crippen LogP contribution in [0, 0.1) is 11.8 Å². The van der Waals surface area contributed by atoms with E-state index in [1.807, 2.05) is 0 Å². The van der Waals surface area contributed by atoms with E-state index < -0.39 is 11.5 Å². The van der Waals surface area contributed by atoms with E-state index in [9.17, 15) is 9.59 Å². The third-order valence-corrected chi connectivity index (χ3v) is 3.09. The van der Waals surface area contributed by atoms with E-state index >= 15 is 0 Å². The fourth-order valence-electron chi connectivity index (χ4n) is 1.50. The van der Waals surface area contributed by atoms with Crippen molar-refractivity contribution in [3.05, 3.63) is 0 Å². The first-order valence-electron chi connectivity index (χ1n) is 5.50. The zero-order valence-corrected chi connectivity index (χ0v) is 10.3. The standard InChI is InChI=1S/C11H20N2O3/c1-7-5-8(7)6-13(4)10(16)12-11(2,3)9(14)15/h7-8H,5-6H2,1-4H3,(H,12,16)(H,14,15). The van der Waals surface area contributed by atoms with Gasteiger partial charge in [-0.05, 0) is 32.1 Å². The Morgan fingerprint density at radius 3 is 2.38 bits per heavy atom. The van der Waals surface area contributed by atoms with E-state index in [-0.39, 0.29) is 6.03 Å². The summed E-state index contributed by atoms with van der Waals surface area (Å²) in [4.78, 5) is 24.1. The summed E-state index contributed by atoms with van der Waals surface area (Å²) in [6.07, 6.45) is 1.15. The average Bonchev–Trinajstić information content (AvgIpc) is 2.80. The molecule has 2 atom stereocenters. The third-order valence-electron chi connectivity index (χ3n) is 3.09. The van der Waals surface area contributed by atoms with Crippen molar-refractivity contribution in [3.8, 4) is 0 Å². The first kappa shape index (κ1) is 12.8. The molecule has 0 aliphatic heterocycles. The number of rotatable bonds is 4. The van der Waals surface area contributed by atoms with Gasteiger partial charge in [0, 0.05) is 13.6 Å². The van der Waals surface area contributed by atoms with Crippen LogP contribution in [0.1, 0.15) is 27.2 Å². The van der Waals surface area contributed by atoms with Crippen molar-refractivity contribution in [2.75, 3.05) is 13.6 Å². The molecule has 92 valence electrons. The van der Waals surface area contributed by atoms with Gasteiger partial charge < -0.3 is 15.3 Å². The molecule has 1 aliphatic rings. The summed E-state index contributed by atoms with van der Waals surface area (Å²) in [5.41, 5.74) is -1.22. The van der Waals surface area contributed by atoms with Crippen LogP contribution in [0.15, 0.2) is 0 Å². The van der Waals surface area contributed by atoms with Crippen LogP contribution >= 0.6 is 0 Å². The highest BCUT2D eigenvalue weighted by Crippen LogP contribution is 2.37. The summed E-state index contributed by atoms with van der Waals surface area (Å²) in [5.74, 6) is 0.223. The number of carbonyl (C=O) groups is 2. The SMILES string of the molecule is CC1CC1CN(C)C(=O)NC(C)(C)C(=O)O. The monoisotopic (exact) mass is 228 g/mol. The van der Waals surface area contributed by atoms with Gasteiger partial charge in [0.15, 0.2) is 0 Å². The third kappa shape index (κ3) is 3.12. The summed E-state index contributed by atoms with van der Waals surface area (Å²) in [6.45, 7) is 5.79. The van der Waals surface area contributed by atoms with Gasteiger partial charge in [0.05, 0.1) is 0 Å². The molecule has 5 nitrogen and oxygen atoms in total. The first-order chi connectivity index (χ1) is 7.24. The van der Waals surface area contributed by atoms with Crippen LogP contribution in [0.3, 0.4) is 0 Å². The number of aliphatic carboxylic acids is 1. The van der Waals surface area contributed by atoms with Crippen molar-refractivity contribution in [1.29, 1.82) is 0 Å². The maximum absolute atomic E-state index is 11.7. The van der Waals surface area contributed by atoms with E-state index in [4.69, 9.17) is 5.11 Å². The highest BCUT2D eigenvalue weighted by atomic mass is 16.4. The Morgan fingerprint density at radius 1 is 1.50 bits per heavy atom. The van der Waals surface area contributed by atoms with E-state index in [1.54, 1.807) is 11.9 Å². The zero-order valence-electron chi connectivity index (χ0n) is 10.3. The molecule has 0 saturated heterocycles. The first-order valence-corrected chi connectivity index (χ1v) is 5.50. The van der Waals surface area contributed by atoms with Crippen LogP contribution in [-0.2, 0) is 4.79 Å². The lowest BCUT2D eigenvalue weighted by Gasteiger charge is -2.25. The molecule has 0 radical (unpaired) electrons. The molecule has 0 bridgehead atoms. The Kier molecular flexibility index (Phi) is 3.45. The lowest BCUT2D eigenvalue weighted by molar-refractivity contribution is -0.143. The number of nitrogens with one attached hydrogen (secondary N) is 1. The second-order valence-corrected chi connectivity index (χ2v) is 5.21. The van der Waals surface area contributed by atoms with Gasteiger partial charge in [0.2, 0.25) is 0 Å². The fraction of sp³-hybridized carbons (Fsp3) is 0.818.